The van der Waals surface area contributed by atoms with E-state index >= 15 is 0 Å². The number of rotatable bonds is 9. The Labute approximate surface area is 202 Å². The maximum Gasteiger partial charge on any atom is 0.343 e. The van der Waals surface area contributed by atoms with Crippen LogP contribution in [0.5, 0.6) is 11.5 Å². The molecule has 0 N–H and O–H groups in total. The Bertz CT molecular complexity index is 1250. The minimum Gasteiger partial charge on any atom is -0.495 e. The van der Waals surface area contributed by atoms with Gasteiger partial charge in [0, 0.05) is 13.1 Å². The first-order valence-corrected chi connectivity index (χ1v) is 12.7. The summed E-state index contributed by atoms with van der Waals surface area (Å²) >= 11 is 0. The lowest BCUT2D eigenvalue weighted by Gasteiger charge is -2.22. The smallest absolute Gasteiger partial charge is 0.343 e. The lowest BCUT2D eigenvalue weighted by molar-refractivity contribution is 0.0733. The minimum atomic E-state index is -3.95. The average Bonchev–Trinajstić information content (AvgIpc) is 2.83. The number of carbonyl (C=O) groups is 1. The second kappa shape index (κ2) is 10.8. The standard InChI is InChI=1S/C27H31NO5S/c1-6-28(18-21-10-8-7-9-11-21)34(30,31)26-17-23(14-15-24(26)32-5)27(29)33-25-16-22(19(2)3)13-12-20(25)4/h7-17,19H,6,18H2,1-5H3. The zero-order chi connectivity index (χ0) is 24.9. The molecule has 0 unspecified atom stereocenters. The highest BCUT2D eigenvalue weighted by Crippen LogP contribution is 2.30. The van der Waals surface area contributed by atoms with Crippen LogP contribution in [-0.4, -0.2) is 32.3 Å². The lowest BCUT2D eigenvalue weighted by atomic mass is 10.0. The fourth-order valence-corrected chi connectivity index (χ4v) is 5.16. The van der Waals surface area contributed by atoms with Gasteiger partial charge >= 0.3 is 5.97 Å². The molecule has 0 atom stereocenters. The maximum atomic E-state index is 13.5. The quantitative estimate of drug-likeness (QED) is 0.296. The van der Waals surface area contributed by atoms with E-state index in [-0.39, 0.29) is 35.2 Å². The highest BCUT2D eigenvalue weighted by atomic mass is 32.2. The van der Waals surface area contributed by atoms with Crippen LogP contribution in [0.15, 0.2) is 71.6 Å². The van der Waals surface area contributed by atoms with Gasteiger partial charge in [0.1, 0.15) is 16.4 Å². The van der Waals surface area contributed by atoms with Crippen molar-refractivity contribution in [2.24, 2.45) is 0 Å². The van der Waals surface area contributed by atoms with Crippen molar-refractivity contribution in [2.75, 3.05) is 13.7 Å². The Morgan fingerprint density at radius 2 is 1.68 bits per heavy atom. The summed E-state index contributed by atoms with van der Waals surface area (Å²) in [6.45, 7) is 8.22. The van der Waals surface area contributed by atoms with Gasteiger partial charge in [0.2, 0.25) is 10.0 Å². The molecule has 0 heterocycles. The number of carbonyl (C=O) groups excluding carboxylic acids is 1. The molecule has 0 saturated carbocycles. The van der Waals surface area contributed by atoms with E-state index in [4.69, 9.17) is 9.47 Å². The van der Waals surface area contributed by atoms with Gasteiger partial charge in [-0.25, -0.2) is 13.2 Å². The van der Waals surface area contributed by atoms with Crippen LogP contribution in [0.4, 0.5) is 0 Å². The van der Waals surface area contributed by atoms with E-state index in [2.05, 4.69) is 13.8 Å². The molecule has 3 rings (SSSR count). The summed E-state index contributed by atoms with van der Waals surface area (Å²) in [5.74, 6) is 0.270. The third-order valence-corrected chi connectivity index (χ3v) is 7.60. The van der Waals surface area contributed by atoms with E-state index in [1.54, 1.807) is 6.92 Å². The molecule has 0 aromatic heterocycles. The van der Waals surface area contributed by atoms with Gasteiger partial charge in [0.15, 0.2) is 0 Å². The van der Waals surface area contributed by atoms with Crippen LogP contribution in [0, 0.1) is 6.92 Å². The fourth-order valence-electron chi connectivity index (χ4n) is 3.54. The van der Waals surface area contributed by atoms with Crippen LogP contribution in [0.2, 0.25) is 0 Å². The summed E-state index contributed by atoms with van der Waals surface area (Å²) in [6.07, 6.45) is 0. The van der Waals surface area contributed by atoms with E-state index in [1.807, 2.05) is 55.5 Å². The highest BCUT2D eigenvalue weighted by molar-refractivity contribution is 7.89. The SMILES string of the molecule is CCN(Cc1ccccc1)S(=O)(=O)c1cc(C(=O)Oc2cc(C(C)C)ccc2C)ccc1OC. The molecule has 0 aliphatic carbocycles. The molecular formula is C27H31NO5S. The summed E-state index contributed by atoms with van der Waals surface area (Å²) in [6, 6.07) is 19.4. The van der Waals surface area contributed by atoms with Crippen molar-refractivity contribution >= 4 is 16.0 Å². The first-order valence-electron chi connectivity index (χ1n) is 11.2. The van der Waals surface area contributed by atoms with Gasteiger partial charge in [-0.05, 0) is 53.8 Å². The molecule has 0 aliphatic heterocycles. The van der Waals surface area contributed by atoms with Crippen molar-refractivity contribution < 1.29 is 22.7 Å². The van der Waals surface area contributed by atoms with Gasteiger partial charge in [0.25, 0.3) is 0 Å². The van der Waals surface area contributed by atoms with E-state index in [1.165, 1.54) is 29.6 Å². The molecule has 0 fully saturated rings. The molecule has 0 radical (unpaired) electrons. The normalized spacial score (nSPS) is 11.6. The van der Waals surface area contributed by atoms with Gasteiger partial charge in [-0.1, -0.05) is 63.2 Å². The second-order valence-electron chi connectivity index (χ2n) is 8.35. The van der Waals surface area contributed by atoms with E-state index in [0.29, 0.717) is 5.75 Å². The van der Waals surface area contributed by atoms with Crippen LogP contribution >= 0.6 is 0 Å². The Morgan fingerprint density at radius 1 is 0.971 bits per heavy atom. The van der Waals surface area contributed by atoms with Gasteiger partial charge < -0.3 is 9.47 Å². The molecule has 34 heavy (non-hydrogen) atoms. The predicted octanol–water partition coefficient (Wildman–Crippen LogP) is 5.56. The molecule has 7 heteroatoms. The zero-order valence-corrected chi connectivity index (χ0v) is 21.1. The summed E-state index contributed by atoms with van der Waals surface area (Å²) in [5, 5.41) is 0. The number of benzene rings is 3. The maximum absolute atomic E-state index is 13.5. The largest absolute Gasteiger partial charge is 0.495 e. The zero-order valence-electron chi connectivity index (χ0n) is 20.2. The van der Waals surface area contributed by atoms with Gasteiger partial charge in [0.05, 0.1) is 12.7 Å². The minimum absolute atomic E-state index is 0.0742. The van der Waals surface area contributed by atoms with Crippen molar-refractivity contribution in [3.05, 3.63) is 89.0 Å². The van der Waals surface area contributed by atoms with Crippen LogP contribution in [0.1, 0.15) is 53.7 Å². The Hall–Kier alpha value is -3.16. The lowest BCUT2D eigenvalue weighted by Crippen LogP contribution is -2.31. The fraction of sp³-hybridized carbons (Fsp3) is 0.296. The van der Waals surface area contributed by atoms with Crippen molar-refractivity contribution in [3.63, 3.8) is 0 Å². The number of hydrogen-bond acceptors (Lipinski definition) is 5. The van der Waals surface area contributed by atoms with Crippen molar-refractivity contribution in [3.8, 4) is 11.5 Å². The summed E-state index contributed by atoms with van der Waals surface area (Å²) < 4.78 is 39.4. The molecule has 0 aliphatic rings. The Kier molecular flexibility index (Phi) is 8.12. The summed E-state index contributed by atoms with van der Waals surface area (Å²) in [4.78, 5) is 12.9. The molecule has 3 aromatic rings. The number of sulfonamides is 1. The molecule has 0 bridgehead atoms. The van der Waals surface area contributed by atoms with Crippen molar-refractivity contribution in [2.45, 2.75) is 45.1 Å². The number of aryl methyl sites for hydroxylation is 1. The first-order chi connectivity index (χ1) is 16.2. The Morgan fingerprint density at radius 3 is 2.29 bits per heavy atom. The highest BCUT2D eigenvalue weighted by Gasteiger charge is 2.28. The molecule has 6 nitrogen and oxygen atoms in total. The first kappa shape index (κ1) is 25.5. The second-order valence-corrected chi connectivity index (χ2v) is 10.3. The van der Waals surface area contributed by atoms with Crippen LogP contribution in [0.25, 0.3) is 0 Å². The summed E-state index contributed by atoms with van der Waals surface area (Å²) in [5.41, 5.74) is 2.86. The molecule has 0 spiro atoms. The molecular weight excluding hydrogens is 450 g/mol. The van der Waals surface area contributed by atoms with Crippen molar-refractivity contribution in [1.29, 1.82) is 0 Å². The average molecular weight is 482 g/mol. The molecule has 3 aromatic carbocycles. The van der Waals surface area contributed by atoms with E-state index in [9.17, 15) is 13.2 Å². The number of nitrogens with zero attached hydrogens (tertiary/aromatic N) is 1. The molecule has 0 saturated heterocycles. The monoisotopic (exact) mass is 481 g/mol. The number of methoxy groups -OCH3 is 1. The number of esters is 1. The topological polar surface area (TPSA) is 72.9 Å². The van der Waals surface area contributed by atoms with Gasteiger partial charge in [-0.15, -0.1) is 0 Å². The van der Waals surface area contributed by atoms with Crippen LogP contribution in [0.3, 0.4) is 0 Å². The molecule has 180 valence electrons. The van der Waals surface area contributed by atoms with Crippen LogP contribution < -0.4 is 9.47 Å². The predicted molar refractivity (Wildman–Crippen MR) is 133 cm³/mol. The van der Waals surface area contributed by atoms with Gasteiger partial charge in [-0.3, -0.25) is 0 Å². The van der Waals surface area contributed by atoms with Crippen LogP contribution in [-0.2, 0) is 16.6 Å². The summed E-state index contributed by atoms with van der Waals surface area (Å²) in [7, 11) is -2.54. The number of ether oxygens (including phenoxy) is 2. The van der Waals surface area contributed by atoms with E-state index < -0.39 is 16.0 Å². The Balaban J connectivity index is 1.95. The van der Waals surface area contributed by atoms with Gasteiger partial charge in [-0.2, -0.15) is 4.31 Å². The molecule has 0 amide bonds. The number of hydrogen-bond donors (Lipinski definition) is 0. The third kappa shape index (κ3) is 5.66. The van der Waals surface area contributed by atoms with E-state index in [0.717, 1.165) is 16.7 Å². The van der Waals surface area contributed by atoms with Crippen molar-refractivity contribution in [1.82, 2.24) is 4.31 Å². The third-order valence-electron chi connectivity index (χ3n) is 5.65.